The van der Waals surface area contributed by atoms with Gasteiger partial charge in [0.2, 0.25) is 0 Å². The zero-order valence-electron chi connectivity index (χ0n) is 11.8. The summed E-state index contributed by atoms with van der Waals surface area (Å²) in [6, 6.07) is 5.91. The molecule has 0 bridgehead atoms. The van der Waals surface area contributed by atoms with Crippen molar-refractivity contribution in [2.24, 2.45) is 0 Å². The highest BCUT2D eigenvalue weighted by atomic mass is 35.5. The lowest BCUT2D eigenvalue weighted by atomic mass is 10.00. The summed E-state index contributed by atoms with van der Waals surface area (Å²) >= 11 is 12.0. The number of ketones is 1. The lowest BCUT2D eigenvalue weighted by molar-refractivity contribution is -0.122. The lowest BCUT2D eigenvalue weighted by Crippen LogP contribution is -2.55. The Morgan fingerprint density at radius 2 is 2.20 bits per heavy atom. The molecule has 2 atom stereocenters. The minimum absolute atomic E-state index is 0.0863. The Balaban J connectivity index is 2.12. The molecule has 0 unspecified atom stereocenters. The van der Waals surface area contributed by atoms with Gasteiger partial charge in [0.05, 0.1) is 16.1 Å². The van der Waals surface area contributed by atoms with Crippen LogP contribution in [0.4, 0.5) is 0 Å². The van der Waals surface area contributed by atoms with E-state index in [1.165, 1.54) is 0 Å². The van der Waals surface area contributed by atoms with E-state index in [2.05, 4.69) is 17.1 Å². The fourth-order valence-electron chi connectivity index (χ4n) is 2.67. The van der Waals surface area contributed by atoms with Crippen molar-refractivity contribution in [1.29, 1.82) is 0 Å². The van der Waals surface area contributed by atoms with Gasteiger partial charge in [-0.1, -0.05) is 29.3 Å². The Labute approximate surface area is 130 Å². The monoisotopic (exact) mass is 314 g/mol. The van der Waals surface area contributed by atoms with E-state index < -0.39 is 0 Å². The topological polar surface area (TPSA) is 32.3 Å². The molecule has 0 aromatic heterocycles. The zero-order valence-corrected chi connectivity index (χ0v) is 13.3. The smallest absolute Gasteiger partial charge is 0.147 e. The number of hydrogen-bond donors (Lipinski definition) is 1. The molecule has 0 spiro atoms. The summed E-state index contributed by atoms with van der Waals surface area (Å²) in [6.07, 6.45) is 0.680. The molecule has 2 rings (SSSR count). The molecule has 5 heteroatoms. The molecule has 0 aliphatic carbocycles. The second-order valence-electron chi connectivity index (χ2n) is 5.43. The van der Waals surface area contributed by atoms with Gasteiger partial charge in [0, 0.05) is 25.7 Å². The van der Waals surface area contributed by atoms with Gasteiger partial charge in [0.1, 0.15) is 5.78 Å². The van der Waals surface area contributed by atoms with E-state index in [0.29, 0.717) is 22.5 Å². The number of nitrogens with zero attached hydrogens (tertiary/aromatic N) is 1. The van der Waals surface area contributed by atoms with Crippen LogP contribution in [-0.2, 0) is 11.2 Å². The molecule has 0 amide bonds. The maximum atomic E-state index is 12.0. The molecule has 110 valence electrons. The third kappa shape index (κ3) is 3.95. The Morgan fingerprint density at radius 1 is 1.45 bits per heavy atom. The van der Waals surface area contributed by atoms with E-state index >= 15 is 0 Å². The molecular weight excluding hydrogens is 295 g/mol. The summed E-state index contributed by atoms with van der Waals surface area (Å²) < 4.78 is 0. The second kappa shape index (κ2) is 6.90. The number of nitrogens with one attached hydrogen (secondary N) is 1. The van der Waals surface area contributed by atoms with Gasteiger partial charge in [0.25, 0.3) is 0 Å². The first-order valence-corrected chi connectivity index (χ1v) is 7.65. The van der Waals surface area contributed by atoms with Crippen molar-refractivity contribution >= 4 is 29.0 Å². The molecule has 1 aliphatic rings. The molecule has 0 radical (unpaired) electrons. The Morgan fingerprint density at radius 3 is 2.80 bits per heavy atom. The van der Waals surface area contributed by atoms with E-state index in [1.807, 2.05) is 12.1 Å². The zero-order chi connectivity index (χ0) is 14.7. The van der Waals surface area contributed by atoms with Crippen LogP contribution in [0.2, 0.25) is 10.0 Å². The number of Topliss-reactive ketones (excluding diaryl/α,β-unsaturated/α-hetero) is 1. The van der Waals surface area contributed by atoms with Gasteiger partial charge < -0.3 is 5.32 Å². The Hall–Kier alpha value is -0.610. The Kier molecular flexibility index (Phi) is 5.44. The minimum atomic E-state index is -0.0863. The fraction of sp³-hybridized carbons (Fsp3) is 0.533. The van der Waals surface area contributed by atoms with Crippen LogP contribution >= 0.6 is 23.2 Å². The average molecular weight is 315 g/mol. The van der Waals surface area contributed by atoms with Crippen molar-refractivity contribution in [2.45, 2.75) is 32.4 Å². The number of rotatable bonds is 4. The van der Waals surface area contributed by atoms with Crippen LogP contribution in [0, 0.1) is 0 Å². The molecule has 1 aromatic carbocycles. The SMILES string of the molecule is CC(=O)[C@H](Cc1ccc(Cl)c(Cl)c1)N1CCN[C@@H](C)C1. The molecule has 0 saturated carbocycles. The first-order valence-electron chi connectivity index (χ1n) is 6.89. The quantitative estimate of drug-likeness (QED) is 0.927. The van der Waals surface area contributed by atoms with Crippen molar-refractivity contribution < 1.29 is 4.79 Å². The van der Waals surface area contributed by atoms with Gasteiger partial charge in [-0.3, -0.25) is 9.69 Å². The lowest BCUT2D eigenvalue weighted by Gasteiger charge is -2.36. The summed E-state index contributed by atoms with van der Waals surface area (Å²) in [5, 5.41) is 4.48. The number of carbonyl (C=O) groups excluding carboxylic acids is 1. The molecule has 1 fully saturated rings. The fourth-order valence-corrected chi connectivity index (χ4v) is 2.99. The number of halogens is 2. The van der Waals surface area contributed by atoms with Crippen molar-refractivity contribution in [3.05, 3.63) is 33.8 Å². The van der Waals surface area contributed by atoms with Gasteiger partial charge in [-0.15, -0.1) is 0 Å². The van der Waals surface area contributed by atoms with Gasteiger partial charge in [-0.25, -0.2) is 0 Å². The summed E-state index contributed by atoms with van der Waals surface area (Å²) in [7, 11) is 0. The van der Waals surface area contributed by atoms with Crippen LogP contribution in [0.15, 0.2) is 18.2 Å². The van der Waals surface area contributed by atoms with Crippen molar-refractivity contribution in [1.82, 2.24) is 10.2 Å². The van der Waals surface area contributed by atoms with Crippen LogP contribution in [0.1, 0.15) is 19.4 Å². The van der Waals surface area contributed by atoms with E-state index in [-0.39, 0.29) is 11.8 Å². The first-order chi connectivity index (χ1) is 9.47. The maximum Gasteiger partial charge on any atom is 0.147 e. The largest absolute Gasteiger partial charge is 0.312 e. The van der Waals surface area contributed by atoms with Gasteiger partial charge >= 0.3 is 0 Å². The van der Waals surface area contributed by atoms with Crippen molar-refractivity contribution in [2.75, 3.05) is 19.6 Å². The molecule has 1 aliphatic heterocycles. The summed E-state index contributed by atoms with van der Waals surface area (Å²) in [4.78, 5) is 14.2. The maximum absolute atomic E-state index is 12.0. The van der Waals surface area contributed by atoms with Crippen LogP contribution < -0.4 is 5.32 Å². The summed E-state index contributed by atoms with van der Waals surface area (Å²) in [5.74, 6) is 0.199. The Bertz CT molecular complexity index is 493. The first kappa shape index (κ1) is 15.8. The highest BCUT2D eigenvalue weighted by molar-refractivity contribution is 6.42. The average Bonchev–Trinajstić information content (AvgIpc) is 2.39. The van der Waals surface area contributed by atoms with Gasteiger partial charge in [-0.2, -0.15) is 0 Å². The van der Waals surface area contributed by atoms with Crippen LogP contribution in [0.5, 0.6) is 0 Å². The summed E-state index contributed by atoms with van der Waals surface area (Å²) in [5.41, 5.74) is 1.05. The van der Waals surface area contributed by atoms with Crippen LogP contribution in [-0.4, -0.2) is 42.4 Å². The predicted molar refractivity (Wildman–Crippen MR) is 83.7 cm³/mol. The molecule has 3 nitrogen and oxygen atoms in total. The van der Waals surface area contributed by atoms with Gasteiger partial charge in [-0.05, 0) is 38.0 Å². The number of benzene rings is 1. The van der Waals surface area contributed by atoms with E-state index in [4.69, 9.17) is 23.2 Å². The van der Waals surface area contributed by atoms with Crippen molar-refractivity contribution in [3.63, 3.8) is 0 Å². The molecule has 1 saturated heterocycles. The molecule has 1 N–H and O–H groups in total. The number of piperazine rings is 1. The molecule has 1 heterocycles. The normalized spacial score (nSPS) is 21.7. The second-order valence-corrected chi connectivity index (χ2v) is 6.24. The van der Waals surface area contributed by atoms with Gasteiger partial charge in [0.15, 0.2) is 0 Å². The minimum Gasteiger partial charge on any atom is -0.312 e. The van der Waals surface area contributed by atoms with Crippen molar-refractivity contribution in [3.8, 4) is 0 Å². The van der Waals surface area contributed by atoms with Crippen LogP contribution in [0.25, 0.3) is 0 Å². The van der Waals surface area contributed by atoms with E-state index in [0.717, 1.165) is 25.2 Å². The van der Waals surface area contributed by atoms with E-state index in [9.17, 15) is 4.79 Å². The van der Waals surface area contributed by atoms with Crippen LogP contribution in [0.3, 0.4) is 0 Å². The molecular formula is C15H20Cl2N2O. The summed E-state index contributed by atoms with van der Waals surface area (Å²) in [6.45, 7) is 6.52. The third-order valence-electron chi connectivity index (χ3n) is 3.72. The van der Waals surface area contributed by atoms with E-state index in [1.54, 1.807) is 13.0 Å². The standard InChI is InChI=1S/C15H20Cl2N2O/c1-10-9-19(6-5-18-10)15(11(2)20)8-12-3-4-13(16)14(17)7-12/h3-4,7,10,15,18H,5-6,8-9H2,1-2H3/t10-,15-/m0/s1. The number of carbonyl (C=O) groups is 1. The molecule has 1 aromatic rings. The molecule has 20 heavy (non-hydrogen) atoms. The third-order valence-corrected chi connectivity index (χ3v) is 4.46. The number of hydrogen-bond acceptors (Lipinski definition) is 3. The predicted octanol–water partition coefficient (Wildman–Crippen LogP) is 2.79. The highest BCUT2D eigenvalue weighted by Gasteiger charge is 2.26. The highest BCUT2D eigenvalue weighted by Crippen LogP contribution is 2.24.